The molecule has 3 N–H and O–H groups in total. The number of hydrogen-bond acceptors (Lipinski definition) is 6. The molecule has 0 aromatic heterocycles. The molecule has 17 heavy (non-hydrogen) atoms. The molecule has 1 rings (SSSR count). The Kier molecular flexibility index (Phi) is 11.4. The predicted octanol–water partition coefficient (Wildman–Crippen LogP) is -5.68. The van der Waals surface area contributed by atoms with Gasteiger partial charge in [0.05, 0.1) is 22.5 Å². The third-order valence-electron chi connectivity index (χ3n) is 2.54. The molecule has 0 radical (unpaired) electrons. The molecule has 0 spiro atoms. The van der Waals surface area contributed by atoms with Crippen molar-refractivity contribution in [3.8, 4) is 0 Å². The third kappa shape index (κ3) is 9.34. The zero-order valence-electron chi connectivity index (χ0n) is 10.1. The van der Waals surface area contributed by atoms with Crippen LogP contribution in [0.4, 0.5) is 0 Å². The maximum absolute atomic E-state index is 10.4. The average Bonchev–Trinajstić information content (AvgIpc) is 2.16. The summed E-state index contributed by atoms with van der Waals surface area (Å²) in [5.41, 5.74) is 0. The number of aliphatic hydroxyl groups is 1. The molecular weight excluding hydrogens is 259 g/mol. The third-order valence-corrected chi connectivity index (χ3v) is 3.22. The number of aliphatic hydroxyl groups excluding tert-OH is 1. The van der Waals surface area contributed by atoms with Crippen LogP contribution in [0.15, 0.2) is 0 Å². The van der Waals surface area contributed by atoms with Crippen LogP contribution in [0.1, 0.15) is 0 Å². The molecule has 0 aromatic carbocycles. The van der Waals surface area contributed by atoms with E-state index in [-0.39, 0.29) is 47.4 Å². The van der Waals surface area contributed by atoms with Crippen molar-refractivity contribution < 1.29 is 53.1 Å². The number of rotatable bonds is 5. The number of piperazine rings is 1. The fraction of sp³-hybridized carbons (Fsp3) is 1.00. The van der Waals surface area contributed by atoms with Gasteiger partial charge in [0.1, 0.15) is 0 Å². The smallest absolute Gasteiger partial charge is 0.748 e. The summed E-state index contributed by atoms with van der Waals surface area (Å²) in [5.74, 6) is -0.312. The van der Waals surface area contributed by atoms with E-state index in [1.165, 1.54) is 0 Å². The summed E-state index contributed by atoms with van der Waals surface area (Å²) in [5, 5.41) is 8.72. The first kappa shape index (κ1) is 20.1. The van der Waals surface area contributed by atoms with E-state index in [9.17, 15) is 13.0 Å². The SMILES string of the molecule is O.O=S(=O)([O-])CCN1CCN(CCO)CC1.[Na+]. The number of hydrogen-bond donors (Lipinski definition) is 1. The van der Waals surface area contributed by atoms with E-state index in [0.29, 0.717) is 13.1 Å². The summed E-state index contributed by atoms with van der Waals surface area (Å²) in [6, 6.07) is 0. The second-order valence-corrected chi connectivity index (χ2v) is 5.19. The second kappa shape index (κ2) is 9.65. The fourth-order valence-electron chi connectivity index (χ4n) is 1.62. The van der Waals surface area contributed by atoms with Crippen LogP contribution in [0.2, 0.25) is 0 Å². The first-order valence-corrected chi connectivity index (χ1v) is 6.58. The van der Waals surface area contributed by atoms with Gasteiger partial charge in [-0.3, -0.25) is 9.80 Å². The van der Waals surface area contributed by atoms with Crippen molar-refractivity contribution in [1.29, 1.82) is 0 Å². The maximum atomic E-state index is 10.4. The molecule has 1 saturated heterocycles. The molecule has 1 fully saturated rings. The zero-order valence-corrected chi connectivity index (χ0v) is 12.9. The van der Waals surface area contributed by atoms with Crippen LogP contribution < -0.4 is 29.6 Å². The molecule has 0 unspecified atom stereocenters. The minimum absolute atomic E-state index is 0. The van der Waals surface area contributed by atoms with E-state index in [4.69, 9.17) is 5.11 Å². The standard InChI is InChI=1S/C8H18N2O4S.Na.H2O/c11-7-5-9-1-3-10(4-2-9)6-8-15(12,13)14;;/h11H,1-8H2,(H,12,13,14);;1H2/q;+1;/p-1. The summed E-state index contributed by atoms with van der Waals surface area (Å²) in [7, 11) is -4.09. The van der Waals surface area contributed by atoms with Crippen molar-refractivity contribution in [1.82, 2.24) is 9.80 Å². The molecule has 0 amide bonds. The summed E-state index contributed by atoms with van der Waals surface area (Å²) in [4.78, 5) is 4.07. The first-order chi connectivity index (χ1) is 7.01. The largest absolute Gasteiger partial charge is 1.00 e. The van der Waals surface area contributed by atoms with Gasteiger partial charge in [-0.2, -0.15) is 0 Å². The summed E-state index contributed by atoms with van der Waals surface area (Å²) < 4.78 is 31.2. The first-order valence-electron chi connectivity index (χ1n) is 5.00. The summed E-state index contributed by atoms with van der Waals surface area (Å²) in [6.07, 6.45) is 0. The van der Waals surface area contributed by atoms with Crippen LogP contribution in [0.3, 0.4) is 0 Å². The van der Waals surface area contributed by atoms with Crippen LogP contribution in [-0.2, 0) is 10.1 Å². The van der Waals surface area contributed by atoms with Crippen molar-refractivity contribution >= 4 is 10.1 Å². The quantitative estimate of drug-likeness (QED) is 0.396. The summed E-state index contributed by atoms with van der Waals surface area (Å²) in [6.45, 7) is 4.28. The number of β-amino-alcohol motifs (C(OH)–C–C–N with tert-alkyl or cyclic N) is 1. The van der Waals surface area contributed by atoms with Gasteiger partial charge in [-0.15, -0.1) is 0 Å². The Balaban J connectivity index is 0. The predicted molar refractivity (Wildman–Crippen MR) is 58.1 cm³/mol. The molecule has 0 aromatic rings. The van der Waals surface area contributed by atoms with E-state index >= 15 is 0 Å². The molecular formula is C8H19N2NaO5S. The monoisotopic (exact) mass is 278 g/mol. The Bertz CT molecular complexity index is 280. The van der Waals surface area contributed by atoms with E-state index in [1.54, 1.807) is 0 Å². The Morgan fingerprint density at radius 3 is 1.82 bits per heavy atom. The molecule has 9 heteroatoms. The van der Waals surface area contributed by atoms with Crippen molar-refractivity contribution in [2.75, 3.05) is 51.6 Å². The molecule has 7 nitrogen and oxygen atoms in total. The van der Waals surface area contributed by atoms with Crippen molar-refractivity contribution in [3.63, 3.8) is 0 Å². The Morgan fingerprint density at radius 2 is 1.47 bits per heavy atom. The minimum atomic E-state index is -4.09. The molecule has 1 aliphatic heterocycles. The van der Waals surface area contributed by atoms with Gasteiger partial charge in [-0.05, 0) is 0 Å². The Labute approximate surface area is 124 Å². The molecule has 1 aliphatic rings. The molecule has 98 valence electrons. The molecule has 0 bridgehead atoms. The topological polar surface area (TPSA) is 115 Å². The van der Waals surface area contributed by atoms with Gasteiger partial charge in [0.2, 0.25) is 0 Å². The average molecular weight is 278 g/mol. The normalized spacial score (nSPS) is 18.2. The van der Waals surface area contributed by atoms with Gasteiger partial charge in [0.25, 0.3) is 0 Å². The molecule has 0 saturated carbocycles. The molecule has 1 heterocycles. The summed E-state index contributed by atoms with van der Waals surface area (Å²) >= 11 is 0. The Hall–Kier alpha value is 0.750. The van der Waals surface area contributed by atoms with Crippen molar-refractivity contribution in [2.24, 2.45) is 0 Å². The van der Waals surface area contributed by atoms with E-state index in [0.717, 1.165) is 26.2 Å². The molecule has 0 aliphatic carbocycles. The maximum Gasteiger partial charge on any atom is 1.00 e. The Morgan fingerprint density at radius 1 is 1.06 bits per heavy atom. The van der Waals surface area contributed by atoms with Gasteiger partial charge in [0.15, 0.2) is 0 Å². The van der Waals surface area contributed by atoms with Crippen LogP contribution in [0, 0.1) is 0 Å². The van der Waals surface area contributed by atoms with Gasteiger partial charge >= 0.3 is 29.6 Å². The van der Waals surface area contributed by atoms with Gasteiger partial charge < -0.3 is 15.1 Å². The zero-order chi connectivity index (χ0) is 11.3. The second-order valence-electron chi connectivity index (χ2n) is 3.67. The van der Waals surface area contributed by atoms with Crippen molar-refractivity contribution in [3.05, 3.63) is 0 Å². The van der Waals surface area contributed by atoms with Crippen LogP contribution >= 0.6 is 0 Å². The van der Waals surface area contributed by atoms with E-state index in [1.807, 2.05) is 4.90 Å². The van der Waals surface area contributed by atoms with Crippen LogP contribution in [-0.4, -0.2) is 85.0 Å². The van der Waals surface area contributed by atoms with Crippen LogP contribution in [0.5, 0.6) is 0 Å². The van der Waals surface area contributed by atoms with Crippen LogP contribution in [0.25, 0.3) is 0 Å². The van der Waals surface area contributed by atoms with E-state index < -0.39 is 10.1 Å². The molecule has 0 atom stereocenters. The minimum Gasteiger partial charge on any atom is -0.748 e. The van der Waals surface area contributed by atoms with E-state index in [2.05, 4.69) is 4.90 Å². The van der Waals surface area contributed by atoms with Gasteiger partial charge in [0, 0.05) is 39.3 Å². The number of nitrogens with zero attached hydrogens (tertiary/aromatic N) is 2. The van der Waals surface area contributed by atoms with Gasteiger partial charge in [-0.25, -0.2) is 8.42 Å². The van der Waals surface area contributed by atoms with Crippen molar-refractivity contribution in [2.45, 2.75) is 0 Å². The fourth-order valence-corrected chi connectivity index (χ4v) is 2.10. The van der Waals surface area contributed by atoms with Gasteiger partial charge in [-0.1, -0.05) is 0 Å².